The molecule has 0 saturated heterocycles. The van der Waals surface area contributed by atoms with Gasteiger partial charge in [0.1, 0.15) is 10.4 Å². The summed E-state index contributed by atoms with van der Waals surface area (Å²) in [6.07, 6.45) is -3.79. The van der Waals surface area contributed by atoms with Crippen molar-refractivity contribution in [2.24, 2.45) is 7.05 Å². The summed E-state index contributed by atoms with van der Waals surface area (Å²) in [5.41, 5.74) is -0.810. The number of alkyl halides is 3. The van der Waals surface area contributed by atoms with Crippen LogP contribution in [0.2, 0.25) is 0 Å². The molecule has 0 saturated carbocycles. The normalized spacial score (nSPS) is 11.8. The summed E-state index contributed by atoms with van der Waals surface area (Å²) >= 11 is 0.876. The maximum atomic E-state index is 12.7. The lowest BCUT2D eigenvalue weighted by atomic mass is 10.1. The fraction of sp³-hybridized carbons (Fsp3) is 0.200. The Morgan fingerprint density at radius 2 is 2.17 bits per heavy atom. The molecule has 0 spiro atoms. The number of carboxylic acids is 1. The number of aromatic nitrogens is 2. The number of aryl methyl sites for hydroxylation is 1. The topological polar surface area (TPSA) is 55.1 Å². The van der Waals surface area contributed by atoms with E-state index in [0.29, 0.717) is 0 Å². The van der Waals surface area contributed by atoms with Crippen LogP contribution in [0, 0.1) is 0 Å². The molecule has 1 N–H and O–H groups in total. The van der Waals surface area contributed by atoms with E-state index < -0.39 is 17.7 Å². The Bertz CT molecular complexity index is 601. The first-order valence-corrected chi connectivity index (χ1v) is 5.60. The second-order valence-corrected chi connectivity index (χ2v) is 4.44. The fourth-order valence-electron chi connectivity index (χ4n) is 1.56. The third kappa shape index (κ3) is 2.10. The number of carbonyl (C=O) groups is 1. The quantitative estimate of drug-likeness (QED) is 0.917. The number of hydrogen-bond donors (Lipinski definition) is 1. The largest absolute Gasteiger partial charge is 0.477 e. The van der Waals surface area contributed by atoms with E-state index in [2.05, 4.69) is 5.10 Å². The lowest BCUT2D eigenvalue weighted by molar-refractivity contribution is -0.137. The van der Waals surface area contributed by atoms with Crippen LogP contribution in [0.1, 0.15) is 15.2 Å². The highest BCUT2D eigenvalue weighted by molar-refractivity contribution is 7.12. The van der Waals surface area contributed by atoms with E-state index >= 15 is 0 Å². The summed E-state index contributed by atoms with van der Waals surface area (Å²) in [4.78, 5) is 10.7. The zero-order valence-electron chi connectivity index (χ0n) is 9.02. The van der Waals surface area contributed by atoms with Gasteiger partial charge in [0.15, 0.2) is 0 Å². The Hall–Kier alpha value is -1.83. The number of halogens is 3. The smallest absolute Gasteiger partial charge is 0.420 e. The molecule has 8 heteroatoms. The minimum absolute atomic E-state index is 0.0145. The SMILES string of the molecule is Cn1ncc(C(F)(F)F)c1-c1csc(C(=O)O)c1. The number of carboxylic acid groups (broad SMARTS) is 1. The molecular weight excluding hydrogens is 269 g/mol. The Morgan fingerprint density at radius 1 is 1.50 bits per heavy atom. The van der Waals surface area contributed by atoms with Crippen LogP contribution in [0.15, 0.2) is 17.6 Å². The summed E-state index contributed by atoms with van der Waals surface area (Å²) in [6, 6.07) is 1.21. The molecular formula is C10H7F3N2O2S. The maximum absolute atomic E-state index is 12.7. The molecule has 0 radical (unpaired) electrons. The van der Waals surface area contributed by atoms with Crippen molar-refractivity contribution in [3.05, 3.63) is 28.1 Å². The van der Waals surface area contributed by atoms with Gasteiger partial charge in [-0.1, -0.05) is 0 Å². The first-order valence-electron chi connectivity index (χ1n) is 4.72. The van der Waals surface area contributed by atoms with Crippen LogP contribution in [-0.2, 0) is 13.2 Å². The van der Waals surface area contributed by atoms with E-state index in [1.54, 1.807) is 0 Å². The third-order valence-corrected chi connectivity index (χ3v) is 3.25. The molecule has 96 valence electrons. The predicted molar refractivity (Wildman–Crippen MR) is 58.5 cm³/mol. The van der Waals surface area contributed by atoms with Crippen LogP contribution in [0.4, 0.5) is 13.2 Å². The van der Waals surface area contributed by atoms with Crippen LogP contribution in [0.3, 0.4) is 0 Å². The summed E-state index contributed by atoms with van der Waals surface area (Å²) in [7, 11) is 1.38. The van der Waals surface area contributed by atoms with Crippen LogP contribution < -0.4 is 0 Å². The molecule has 0 aliphatic carbocycles. The number of hydrogen-bond acceptors (Lipinski definition) is 3. The summed E-state index contributed by atoms with van der Waals surface area (Å²) in [5.74, 6) is -1.16. The molecule has 0 atom stereocenters. The van der Waals surface area contributed by atoms with Crippen LogP contribution in [-0.4, -0.2) is 20.9 Å². The second-order valence-electron chi connectivity index (χ2n) is 3.53. The van der Waals surface area contributed by atoms with Gasteiger partial charge in [-0.25, -0.2) is 4.79 Å². The first kappa shape index (κ1) is 12.6. The molecule has 18 heavy (non-hydrogen) atoms. The van der Waals surface area contributed by atoms with Gasteiger partial charge in [0.05, 0.1) is 11.9 Å². The van der Waals surface area contributed by atoms with E-state index in [0.717, 1.165) is 22.2 Å². The molecule has 0 bridgehead atoms. The van der Waals surface area contributed by atoms with Gasteiger partial charge in [-0.15, -0.1) is 11.3 Å². The molecule has 0 unspecified atom stereocenters. The Morgan fingerprint density at radius 3 is 2.67 bits per heavy atom. The highest BCUT2D eigenvalue weighted by Gasteiger charge is 2.36. The van der Waals surface area contributed by atoms with Crippen molar-refractivity contribution in [2.45, 2.75) is 6.18 Å². The standard InChI is InChI=1S/C10H7F3N2O2S/c1-15-8(6(3-14-15)10(11,12)13)5-2-7(9(16)17)18-4-5/h2-4H,1H3,(H,16,17). The molecule has 0 aliphatic heterocycles. The molecule has 2 rings (SSSR count). The highest BCUT2D eigenvalue weighted by atomic mass is 32.1. The van der Waals surface area contributed by atoms with E-state index in [1.165, 1.54) is 18.5 Å². The van der Waals surface area contributed by atoms with Crippen LogP contribution >= 0.6 is 11.3 Å². The lowest BCUT2D eigenvalue weighted by Gasteiger charge is -2.07. The Balaban J connectivity index is 2.56. The first-order chi connectivity index (χ1) is 8.30. The van der Waals surface area contributed by atoms with Crippen LogP contribution in [0.5, 0.6) is 0 Å². The highest BCUT2D eigenvalue weighted by Crippen LogP contribution is 2.37. The van der Waals surface area contributed by atoms with Crippen LogP contribution in [0.25, 0.3) is 11.3 Å². The van der Waals surface area contributed by atoms with E-state index in [4.69, 9.17) is 5.11 Å². The van der Waals surface area contributed by atoms with Gasteiger partial charge in [-0.2, -0.15) is 18.3 Å². The summed E-state index contributed by atoms with van der Waals surface area (Å²) in [5, 5.41) is 13.7. The summed E-state index contributed by atoms with van der Waals surface area (Å²) < 4.78 is 39.3. The minimum Gasteiger partial charge on any atom is -0.477 e. The van der Waals surface area contributed by atoms with Gasteiger partial charge in [0, 0.05) is 18.0 Å². The number of nitrogens with zero attached hydrogens (tertiary/aromatic N) is 2. The predicted octanol–water partition coefficient (Wildman–Crippen LogP) is 2.87. The van der Waals surface area contributed by atoms with Crippen molar-refractivity contribution in [3.63, 3.8) is 0 Å². The van der Waals surface area contributed by atoms with Gasteiger partial charge < -0.3 is 5.11 Å². The van der Waals surface area contributed by atoms with Crippen molar-refractivity contribution >= 4 is 17.3 Å². The third-order valence-electron chi connectivity index (χ3n) is 2.33. The number of thiophene rings is 1. The second kappa shape index (κ2) is 4.13. The van der Waals surface area contributed by atoms with E-state index in [9.17, 15) is 18.0 Å². The zero-order chi connectivity index (χ0) is 13.5. The average Bonchev–Trinajstić information content (AvgIpc) is 2.81. The molecule has 0 amide bonds. The molecule has 2 aromatic heterocycles. The van der Waals surface area contributed by atoms with Crippen molar-refractivity contribution < 1.29 is 23.1 Å². The Labute approximate surface area is 103 Å². The molecule has 2 aromatic rings. The average molecular weight is 276 g/mol. The Kier molecular flexibility index (Phi) is 2.89. The maximum Gasteiger partial charge on any atom is 0.420 e. The summed E-state index contributed by atoms with van der Waals surface area (Å²) in [6.45, 7) is 0. The van der Waals surface area contributed by atoms with Gasteiger partial charge in [0.25, 0.3) is 0 Å². The monoisotopic (exact) mass is 276 g/mol. The lowest BCUT2D eigenvalue weighted by Crippen LogP contribution is -2.06. The van der Waals surface area contributed by atoms with Gasteiger partial charge >= 0.3 is 12.1 Å². The molecule has 0 fully saturated rings. The van der Waals surface area contributed by atoms with Crippen molar-refractivity contribution in [1.29, 1.82) is 0 Å². The zero-order valence-corrected chi connectivity index (χ0v) is 9.84. The fourth-order valence-corrected chi connectivity index (χ4v) is 2.29. The molecule has 0 aliphatic rings. The van der Waals surface area contributed by atoms with E-state index in [-0.39, 0.29) is 16.1 Å². The molecule has 4 nitrogen and oxygen atoms in total. The van der Waals surface area contributed by atoms with Crippen molar-refractivity contribution in [3.8, 4) is 11.3 Å². The number of rotatable bonds is 2. The van der Waals surface area contributed by atoms with Gasteiger partial charge in [0.2, 0.25) is 0 Å². The molecule has 0 aromatic carbocycles. The minimum atomic E-state index is -4.52. The van der Waals surface area contributed by atoms with Crippen molar-refractivity contribution in [1.82, 2.24) is 9.78 Å². The van der Waals surface area contributed by atoms with Crippen molar-refractivity contribution in [2.75, 3.05) is 0 Å². The molecule has 2 heterocycles. The van der Waals surface area contributed by atoms with Gasteiger partial charge in [-0.05, 0) is 6.07 Å². The van der Waals surface area contributed by atoms with E-state index in [1.807, 2.05) is 0 Å². The number of aromatic carboxylic acids is 1. The van der Waals surface area contributed by atoms with Gasteiger partial charge in [-0.3, -0.25) is 4.68 Å².